The monoisotopic (exact) mass is 256 g/mol. The highest BCUT2D eigenvalue weighted by molar-refractivity contribution is 5.77. The van der Waals surface area contributed by atoms with Crippen molar-refractivity contribution >= 4 is 5.91 Å². The van der Waals surface area contributed by atoms with Gasteiger partial charge in [0.2, 0.25) is 5.91 Å². The normalized spacial score (nSPS) is 30.9. The highest BCUT2D eigenvalue weighted by Crippen LogP contribution is 2.26. The van der Waals surface area contributed by atoms with Crippen molar-refractivity contribution in [3.8, 4) is 11.5 Å². The van der Waals surface area contributed by atoms with Gasteiger partial charge in [-0.25, -0.2) is 0 Å². The minimum Gasteiger partial charge on any atom is -0.490 e. The van der Waals surface area contributed by atoms with Crippen LogP contribution in [0.25, 0.3) is 0 Å². The van der Waals surface area contributed by atoms with Crippen LogP contribution in [-0.4, -0.2) is 38.3 Å². The van der Waals surface area contributed by atoms with Gasteiger partial charge in [-0.05, 0) is 19.1 Å². The summed E-state index contributed by atoms with van der Waals surface area (Å²) in [6, 6.07) is 6.25. The second-order valence-corrected chi connectivity index (χ2v) is 3.37. The molecule has 2 rings (SSSR count). The topological polar surface area (TPSA) is 56.8 Å². The lowest BCUT2D eigenvalue weighted by Gasteiger charge is -2.23. The number of morpholine rings is 1. The Labute approximate surface area is 113 Å². The summed E-state index contributed by atoms with van der Waals surface area (Å²) in [4.78, 5) is 11.2. The molecule has 0 saturated carbocycles. The average molecular weight is 256 g/mol. The number of benzene rings is 1. The molecule has 1 unspecified atom stereocenters. The molecule has 1 aliphatic rings. The van der Waals surface area contributed by atoms with Gasteiger partial charge in [-0.2, -0.15) is 0 Å². The second-order valence-electron chi connectivity index (χ2n) is 3.37. The highest BCUT2D eigenvalue weighted by atomic mass is 16.5. The summed E-state index contributed by atoms with van der Waals surface area (Å²) in [5.74, 6) is -0.520. The van der Waals surface area contributed by atoms with Crippen LogP contribution in [0.15, 0.2) is 24.3 Å². The molecule has 1 saturated heterocycles. The van der Waals surface area contributed by atoms with Crippen LogP contribution in [0.4, 0.5) is 0 Å². The number of hydrogen-bond acceptors (Lipinski definition) is 4. The van der Waals surface area contributed by atoms with Gasteiger partial charge in [0, 0.05) is 6.50 Å². The summed E-state index contributed by atoms with van der Waals surface area (Å²) in [5.41, 5.74) is 0. The van der Waals surface area contributed by atoms with Crippen molar-refractivity contribution in [1.29, 1.82) is 0 Å². The predicted octanol–water partition coefficient (Wildman–Crippen LogP) is 0.979. The van der Waals surface area contributed by atoms with Gasteiger partial charge >= 0.3 is 0 Å². The van der Waals surface area contributed by atoms with Crippen molar-refractivity contribution < 1.29 is 25.9 Å². The molecular formula is C13H17NO4. The first-order valence-corrected chi connectivity index (χ1v) is 5.49. The van der Waals surface area contributed by atoms with E-state index in [1.807, 2.05) is 5.32 Å². The SMILES string of the molecule is [2H]C1([2H])NC(=O)COC1([2H])C([2H])([2H])Oc1ccccc1OCC. The maximum absolute atomic E-state index is 11.2. The number of carbonyl (C=O) groups is 1. The summed E-state index contributed by atoms with van der Waals surface area (Å²) in [6.07, 6.45) is -2.80. The maximum Gasteiger partial charge on any atom is 0.246 e. The van der Waals surface area contributed by atoms with E-state index in [1.165, 1.54) is 6.07 Å². The molecule has 1 fully saturated rings. The molecule has 5 nitrogen and oxygen atoms in total. The Morgan fingerprint density at radius 2 is 2.28 bits per heavy atom. The molecule has 1 heterocycles. The zero-order valence-corrected chi connectivity index (χ0v) is 9.86. The minimum atomic E-state index is -2.91. The first kappa shape index (κ1) is 7.63. The number of nitrogens with one attached hydrogen (secondary N) is 1. The number of ether oxygens (including phenoxy) is 3. The van der Waals surface area contributed by atoms with E-state index in [9.17, 15) is 4.79 Å². The van der Waals surface area contributed by atoms with Gasteiger partial charge < -0.3 is 19.5 Å². The molecule has 1 N–H and O–H groups in total. The predicted molar refractivity (Wildman–Crippen MR) is 65.9 cm³/mol. The van der Waals surface area contributed by atoms with Crippen LogP contribution in [0, 0.1) is 0 Å². The molecule has 18 heavy (non-hydrogen) atoms. The lowest BCUT2D eigenvalue weighted by atomic mass is 10.3. The number of rotatable bonds is 5. The fraction of sp³-hybridized carbons (Fsp3) is 0.462. The minimum absolute atomic E-state index is 0.00211. The van der Waals surface area contributed by atoms with E-state index >= 15 is 0 Å². The van der Waals surface area contributed by atoms with Gasteiger partial charge in [-0.3, -0.25) is 4.79 Å². The molecule has 98 valence electrons. The van der Waals surface area contributed by atoms with Crippen LogP contribution in [0.1, 0.15) is 13.8 Å². The molecule has 1 aliphatic heterocycles. The Kier molecular flexibility index (Phi) is 2.65. The van der Waals surface area contributed by atoms with Crippen molar-refractivity contribution in [3.63, 3.8) is 0 Å². The van der Waals surface area contributed by atoms with Crippen molar-refractivity contribution in [2.24, 2.45) is 0 Å². The zero-order chi connectivity index (χ0) is 17.3. The smallest absolute Gasteiger partial charge is 0.246 e. The number of hydrogen-bond donors (Lipinski definition) is 1. The van der Waals surface area contributed by atoms with Crippen LogP contribution in [-0.2, 0) is 9.53 Å². The Bertz CT molecular complexity index is 597. The van der Waals surface area contributed by atoms with Crippen LogP contribution in [0.5, 0.6) is 11.5 Å². The summed E-state index contributed by atoms with van der Waals surface area (Å²) in [6.45, 7) is -4.26. The average Bonchev–Trinajstić information content (AvgIpc) is 2.44. The third kappa shape index (κ3) is 3.37. The lowest BCUT2D eigenvalue weighted by molar-refractivity contribution is -0.134. The van der Waals surface area contributed by atoms with E-state index in [-0.39, 0.29) is 11.5 Å². The van der Waals surface area contributed by atoms with Gasteiger partial charge in [0.25, 0.3) is 0 Å². The van der Waals surface area contributed by atoms with E-state index in [0.717, 1.165) is 0 Å². The van der Waals surface area contributed by atoms with E-state index < -0.39 is 31.6 Å². The molecule has 1 aromatic carbocycles. The van der Waals surface area contributed by atoms with Crippen LogP contribution < -0.4 is 14.8 Å². The van der Waals surface area contributed by atoms with Crippen LogP contribution >= 0.6 is 0 Å². The van der Waals surface area contributed by atoms with Crippen LogP contribution in [0.3, 0.4) is 0 Å². The quantitative estimate of drug-likeness (QED) is 0.853. The van der Waals surface area contributed by atoms with Gasteiger partial charge in [-0.1, -0.05) is 12.1 Å². The second kappa shape index (κ2) is 6.26. The van der Waals surface area contributed by atoms with Gasteiger partial charge in [0.15, 0.2) is 11.5 Å². The Balaban J connectivity index is 2.33. The molecule has 0 spiro atoms. The zero-order valence-electron chi connectivity index (χ0n) is 14.9. The highest BCUT2D eigenvalue weighted by Gasteiger charge is 2.19. The standard InChI is InChI=1S/C13H17NO4/c1-2-16-11-5-3-4-6-12(11)18-8-10-7-14-13(15)9-17-10/h3-6,10H,2,7-9H2,1H3,(H,14,15)/i7D2,8D2,10D. The number of para-hydroxylation sites is 2. The van der Waals surface area contributed by atoms with Crippen molar-refractivity contribution in [3.05, 3.63) is 24.3 Å². The van der Waals surface area contributed by atoms with E-state index in [4.69, 9.17) is 21.1 Å². The molecule has 1 aromatic rings. The van der Waals surface area contributed by atoms with Crippen LogP contribution in [0.2, 0.25) is 0 Å². The van der Waals surface area contributed by atoms with Crippen molar-refractivity contribution in [2.45, 2.75) is 13.0 Å². The number of amides is 1. The fourth-order valence-corrected chi connectivity index (χ4v) is 1.30. The summed E-state index contributed by atoms with van der Waals surface area (Å²) >= 11 is 0. The third-order valence-corrected chi connectivity index (χ3v) is 2.07. The first-order valence-electron chi connectivity index (χ1n) is 7.99. The van der Waals surface area contributed by atoms with E-state index in [1.54, 1.807) is 25.1 Å². The maximum atomic E-state index is 11.2. The first-order chi connectivity index (χ1) is 10.6. The molecule has 1 amide bonds. The molecule has 5 heteroatoms. The van der Waals surface area contributed by atoms with Gasteiger partial charge in [-0.15, -0.1) is 0 Å². The largest absolute Gasteiger partial charge is 0.490 e. The van der Waals surface area contributed by atoms with Gasteiger partial charge in [0.05, 0.1) is 13.5 Å². The molecule has 0 bridgehead atoms. The Hall–Kier alpha value is -1.75. The Morgan fingerprint density at radius 1 is 1.56 bits per heavy atom. The Morgan fingerprint density at radius 3 is 2.94 bits per heavy atom. The van der Waals surface area contributed by atoms with Gasteiger partial charge in [0.1, 0.15) is 19.2 Å². The third-order valence-electron chi connectivity index (χ3n) is 2.07. The van der Waals surface area contributed by atoms with E-state index in [0.29, 0.717) is 6.61 Å². The summed E-state index contributed by atoms with van der Waals surface area (Å²) in [5, 5.41) is 1.91. The molecule has 0 radical (unpaired) electrons. The fourth-order valence-electron chi connectivity index (χ4n) is 1.30. The summed E-state index contributed by atoms with van der Waals surface area (Å²) in [7, 11) is 0. The van der Waals surface area contributed by atoms with E-state index in [2.05, 4.69) is 0 Å². The summed E-state index contributed by atoms with van der Waals surface area (Å²) < 4.78 is 54.9. The molecule has 0 aliphatic carbocycles. The molecule has 1 atom stereocenters. The number of carbonyl (C=O) groups excluding carboxylic acids is 1. The van der Waals surface area contributed by atoms with Crippen molar-refractivity contribution in [1.82, 2.24) is 5.32 Å². The molecule has 0 aromatic heterocycles. The van der Waals surface area contributed by atoms with Crippen molar-refractivity contribution in [2.75, 3.05) is 26.3 Å². The molecular weight excluding hydrogens is 234 g/mol. The lowest BCUT2D eigenvalue weighted by Crippen LogP contribution is -2.45.